The first kappa shape index (κ1) is 37.2. The summed E-state index contributed by atoms with van der Waals surface area (Å²) in [4.78, 5) is 35.7. The number of methoxy groups -OCH3 is 1. The first-order valence-electron chi connectivity index (χ1n) is 16.1. The normalized spacial score (nSPS) is 25.7. The van der Waals surface area contributed by atoms with Crippen LogP contribution in [0, 0.1) is 11.8 Å². The summed E-state index contributed by atoms with van der Waals surface area (Å²) in [5.74, 6) is -2.06. The highest BCUT2D eigenvalue weighted by Crippen LogP contribution is 2.45. The second-order valence-corrected chi connectivity index (χ2v) is 14.2. The van der Waals surface area contributed by atoms with E-state index in [-0.39, 0.29) is 24.1 Å². The number of unbranched alkanes of at least 4 members (excludes halogenated alkanes) is 3. The maximum Gasteiger partial charge on any atom is 0.305 e. The van der Waals surface area contributed by atoms with Gasteiger partial charge in [-0.1, -0.05) is 38.8 Å². The van der Waals surface area contributed by atoms with Crippen LogP contribution in [0.1, 0.15) is 111 Å². The zero-order valence-corrected chi connectivity index (χ0v) is 27.6. The Morgan fingerprint density at radius 2 is 1.77 bits per heavy atom. The van der Waals surface area contributed by atoms with Gasteiger partial charge in [0.1, 0.15) is 12.2 Å². The largest absolute Gasteiger partial charge is 0.469 e. The van der Waals surface area contributed by atoms with Crippen molar-refractivity contribution in [3.05, 3.63) is 12.2 Å². The Hall–Kier alpha value is -1.98. The van der Waals surface area contributed by atoms with Crippen LogP contribution in [-0.2, 0) is 47.9 Å². The van der Waals surface area contributed by atoms with Crippen LogP contribution in [0.3, 0.4) is 0 Å². The fourth-order valence-corrected chi connectivity index (χ4v) is 8.14. The minimum absolute atomic E-state index is 0.0725. The Labute approximate surface area is 258 Å². The van der Waals surface area contributed by atoms with Gasteiger partial charge < -0.3 is 23.7 Å². The molecule has 2 aliphatic rings. The molecule has 2 rings (SSSR count). The highest BCUT2D eigenvalue weighted by Gasteiger charge is 2.53. The molecule has 0 aromatic carbocycles. The van der Waals surface area contributed by atoms with Crippen LogP contribution < -0.4 is 0 Å². The smallest absolute Gasteiger partial charge is 0.305 e. The number of ether oxygens (including phenoxy) is 5. The molecular weight excluding hydrogens is 576 g/mol. The number of esters is 3. The van der Waals surface area contributed by atoms with Gasteiger partial charge in [0.05, 0.1) is 18.5 Å². The number of carbonyl (C=O) groups excluding carboxylic acids is 3. The lowest BCUT2D eigenvalue weighted by Gasteiger charge is -2.36. The molecule has 10 nitrogen and oxygen atoms in total. The van der Waals surface area contributed by atoms with Gasteiger partial charge in [-0.25, -0.2) is 8.42 Å². The van der Waals surface area contributed by atoms with Gasteiger partial charge in [0, 0.05) is 57.3 Å². The number of hydrogen-bond donors (Lipinski definition) is 0. The summed E-state index contributed by atoms with van der Waals surface area (Å²) in [5, 5.41) is -0.865. The zero-order chi connectivity index (χ0) is 31.8. The quantitative estimate of drug-likeness (QED) is 0.0784. The van der Waals surface area contributed by atoms with Gasteiger partial charge in [0.15, 0.2) is 16.1 Å². The van der Waals surface area contributed by atoms with Gasteiger partial charge in [-0.15, -0.1) is 0 Å². The highest BCUT2D eigenvalue weighted by molar-refractivity contribution is 7.92. The van der Waals surface area contributed by atoms with Crippen molar-refractivity contribution in [3.8, 4) is 0 Å². The first-order valence-corrected chi connectivity index (χ1v) is 17.8. The van der Waals surface area contributed by atoms with Crippen molar-refractivity contribution in [1.82, 2.24) is 0 Å². The minimum Gasteiger partial charge on any atom is -0.469 e. The Bertz CT molecular complexity index is 988. The fourth-order valence-electron chi connectivity index (χ4n) is 6.35. The van der Waals surface area contributed by atoms with Crippen LogP contribution in [0.15, 0.2) is 12.2 Å². The molecule has 43 heavy (non-hydrogen) atoms. The predicted octanol–water partition coefficient (Wildman–Crippen LogP) is 5.46. The van der Waals surface area contributed by atoms with Crippen LogP contribution in [0.25, 0.3) is 0 Å². The SMILES string of the molecule is CCCCCC(CC([C@@H]1[C@@H](C/C=C\CCCC(=O)OC)[C@@H](OC(C)=O)C[C@H]1OC1CCCCO1)S(=O)(=O)CC)OC(C)=O. The average Bonchev–Trinajstić information content (AvgIpc) is 3.28. The number of rotatable bonds is 19. The summed E-state index contributed by atoms with van der Waals surface area (Å²) < 4.78 is 56.3. The summed E-state index contributed by atoms with van der Waals surface area (Å²) in [5.41, 5.74) is 0. The van der Waals surface area contributed by atoms with E-state index in [4.69, 9.17) is 23.7 Å². The van der Waals surface area contributed by atoms with E-state index in [0.717, 1.165) is 32.1 Å². The van der Waals surface area contributed by atoms with Crippen LogP contribution >= 0.6 is 0 Å². The second kappa shape index (κ2) is 19.4. The molecule has 0 N–H and O–H groups in total. The van der Waals surface area contributed by atoms with Crippen molar-refractivity contribution in [1.29, 1.82) is 0 Å². The lowest BCUT2D eigenvalue weighted by Crippen LogP contribution is -2.44. The van der Waals surface area contributed by atoms with Crippen LogP contribution in [0.5, 0.6) is 0 Å². The van der Waals surface area contributed by atoms with Gasteiger partial charge in [0.2, 0.25) is 0 Å². The van der Waals surface area contributed by atoms with Gasteiger partial charge in [-0.05, 0) is 51.4 Å². The van der Waals surface area contributed by atoms with E-state index in [9.17, 15) is 22.8 Å². The maximum atomic E-state index is 13.9. The van der Waals surface area contributed by atoms with Crippen LogP contribution in [-0.4, -0.2) is 75.6 Å². The van der Waals surface area contributed by atoms with Crippen molar-refractivity contribution in [2.45, 2.75) is 141 Å². The molecule has 1 heterocycles. The molecule has 248 valence electrons. The predicted molar refractivity (Wildman–Crippen MR) is 163 cm³/mol. The Kier molecular flexibility index (Phi) is 16.8. The molecular formula is C32H54O10S. The van der Waals surface area contributed by atoms with Crippen LogP contribution in [0.2, 0.25) is 0 Å². The molecule has 1 aliphatic heterocycles. The lowest BCUT2D eigenvalue weighted by atomic mass is 9.84. The molecule has 0 radical (unpaired) electrons. The first-order chi connectivity index (χ1) is 20.5. The molecule has 1 aliphatic carbocycles. The molecule has 0 amide bonds. The van der Waals surface area contributed by atoms with Gasteiger partial charge in [0.25, 0.3) is 0 Å². The lowest BCUT2D eigenvalue weighted by molar-refractivity contribution is -0.196. The van der Waals surface area contributed by atoms with Gasteiger partial charge in [-0.2, -0.15) is 0 Å². The van der Waals surface area contributed by atoms with Gasteiger partial charge >= 0.3 is 17.9 Å². The third kappa shape index (κ3) is 12.9. The van der Waals surface area contributed by atoms with Crippen molar-refractivity contribution < 1.29 is 46.5 Å². The third-order valence-electron chi connectivity index (χ3n) is 8.45. The fraction of sp³-hybridized carbons (Fsp3) is 0.844. The molecule has 2 fully saturated rings. The highest BCUT2D eigenvalue weighted by atomic mass is 32.2. The summed E-state index contributed by atoms with van der Waals surface area (Å²) in [6, 6.07) is 0. The molecule has 0 spiro atoms. The molecule has 0 aromatic rings. The molecule has 0 aromatic heterocycles. The third-order valence-corrected chi connectivity index (χ3v) is 10.7. The molecule has 1 saturated heterocycles. The second-order valence-electron chi connectivity index (χ2n) is 11.7. The van der Waals surface area contributed by atoms with Crippen molar-refractivity contribution in [2.75, 3.05) is 19.5 Å². The van der Waals surface area contributed by atoms with E-state index in [1.54, 1.807) is 6.92 Å². The number of sulfone groups is 1. The van der Waals surface area contributed by atoms with E-state index >= 15 is 0 Å². The summed E-state index contributed by atoms with van der Waals surface area (Å²) in [6.07, 6.45) is 10.4. The maximum absolute atomic E-state index is 13.9. The van der Waals surface area contributed by atoms with Crippen molar-refractivity contribution in [2.24, 2.45) is 11.8 Å². The van der Waals surface area contributed by atoms with Crippen LogP contribution in [0.4, 0.5) is 0 Å². The monoisotopic (exact) mass is 630 g/mol. The number of allylic oxidation sites excluding steroid dienone is 2. The van der Waals surface area contributed by atoms with E-state index in [2.05, 4.69) is 6.92 Å². The number of hydrogen-bond acceptors (Lipinski definition) is 10. The Balaban J connectivity index is 2.45. The Morgan fingerprint density at radius 3 is 2.37 bits per heavy atom. The summed E-state index contributed by atoms with van der Waals surface area (Å²) in [7, 11) is -2.28. The van der Waals surface area contributed by atoms with E-state index < -0.39 is 57.5 Å². The number of carbonyl (C=O) groups is 3. The van der Waals surface area contributed by atoms with Gasteiger partial charge in [-0.3, -0.25) is 14.4 Å². The average molecular weight is 631 g/mol. The molecule has 1 saturated carbocycles. The molecule has 3 unspecified atom stereocenters. The molecule has 7 atom stereocenters. The van der Waals surface area contributed by atoms with E-state index in [1.165, 1.54) is 21.0 Å². The van der Waals surface area contributed by atoms with E-state index in [0.29, 0.717) is 51.6 Å². The molecule has 11 heteroatoms. The Morgan fingerprint density at radius 1 is 1.00 bits per heavy atom. The standard InChI is InChI=1S/C32H54O10S/c1-6-8-11-16-25(40-23(3)33)21-29(43(36,37)7-2)32-26(17-12-9-10-13-18-30(35)38-5)27(41-24(4)34)22-28(32)42-31-19-14-15-20-39-31/h9,12,25-29,31-32H,6-8,10-11,13-22H2,1-5H3/b12-9-/t25?,26-,27-,28+,29?,31?,32+/m0/s1. The summed E-state index contributed by atoms with van der Waals surface area (Å²) >= 11 is 0. The van der Waals surface area contributed by atoms with E-state index in [1.807, 2.05) is 12.2 Å². The topological polar surface area (TPSA) is 132 Å². The summed E-state index contributed by atoms with van der Waals surface area (Å²) in [6.45, 7) is 7.01. The molecule has 0 bridgehead atoms. The minimum atomic E-state index is -3.64. The van der Waals surface area contributed by atoms with Crippen molar-refractivity contribution >= 4 is 27.7 Å². The zero-order valence-electron chi connectivity index (χ0n) is 26.8. The van der Waals surface area contributed by atoms with Crippen molar-refractivity contribution in [3.63, 3.8) is 0 Å².